The molecule has 0 aromatic carbocycles. The molecule has 2 heterocycles. The number of nitrogens with one attached hydrogen (secondary N) is 2. The number of fused-ring (bicyclic) bond motifs is 2. The summed E-state index contributed by atoms with van der Waals surface area (Å²) < 4.78 is 0. The van der Waals surface area contributed by atoms with Crippen LogP contribution in [-0.2, 0) is 0 Å². The smallest absolute Gasteiger partial charge is 0.289 e. The van der Waals surface area contributed by atoms with Crippen LogP contribution in [0.1, 0.15) is 64.6 Å². The van der Waals surface area contributed by atoms with E-state index in [1.165, 1.54) is 6.20 Å². The van der Waals surface area contributed by atoms with E-state index in [-0.39, 0.29) is 29.2 Å². The quantitative estimate of drug-likeness (QED) is 0.836. The molecule has 0 radical (unpaired) electrons. The molecule has 2 fully saturated rings. The third kappa shape index (κ3) is 3.58. The lowest BCUT2D eigenvalue weighted by molar-refractivity contribution is 0.0869. The van der Waals surface area contributed by atoms with Crippen molar-refractivity contribution >= 4 is 11.8 Å². The van der Waals surface area contributed by atoms with Gasteiger partial charge < -0.3 is 10.6 Å². The first-order chi connectivity index (χ1) is 13.5. The Morgan fingerprint density at radius 2 is 1.89 bits per heavy atom. The van der Waals surface area contributed by atoms with Crippen molar-refractivity contribution in [3.63, 3.8) is 0 Å². The summed E-state index contributed by atoms with van der Waals surface area (Å²) in [6.07, 6.45) is 9.23. The molecule has 2 aromatic rings. The van der Waals surface area contributed by atoms with Gasteiger partial charge in [0.2, 0.25) is 5.82 Å². The molecule has 0 saturated heterocycles. The Bertz CT molecular complexity index is 917. The molecule has 3 unspecified atom stereocenters. The molecule has 3 atom stereocenters. The summed E-state index contributed by atoms with van der Waals surface area (Å²) in [5.41, 5.74) is 1.41. The fourth-order valence-electron chi connectivity index (χ4n) is 4.58. The van der Waals surface area contributed by atoms with E-state index in [9.17, 15) is 9.59 Å². The predicted octanol–water partition coefficient (Wildman–Crippen LogP) is 1.74. The van der Waals surface area contributed by atoms with Crippen molar-refractivity contribution in [1.29, 1.82) is 0 Å². The largest absolute Gasteiger partial charge is 0.348 e. The number of rotatable bonds is 4. The maximum Gasteiger partial charge on any atom is 0.289 e. The van der Waals surface area contributed by atoms with Gasteiger partial charge in [0, 0.05) is 35.9 Å². The highest BCUT2D eigenvalue weighted by Gasteiger charge is 2.49. The first-order valence-corrected chi connectivity index (χ1v) is 9.66. The zero-order valence-electron chi connectivity index (χ0n) is 16.1. The van der Waals surface area contributed by atoms with Gasteiger partial charge in [-0.3, -0.25) is 14.6 Å². The number of carbonyl (C=O) groups is 2. The summed E-state index contributed by atoms with van der Waals surface area (Å²) in [7, 11) is 0. The highest BCUT2D eigenvalue weighted by atomic mass is 16.2. The molecule has 146 valence electrons. The molecular weight excluding hydrogens is 356 g/mol. The average molecular weight is 380 g/mol. The molecule has 0 spiro atoms. The Kier molecular flexibility index (Phi) is 4.78. The minimum absolute atomic E-state index is 0.00938. The van der Waals surface area contributed by atoms with E-state index in [4.69, 9.17) is 0 Å². The van der Waals surface area contributed by atoms with Crippen LogP contribution in [0.5, 0.6) is 0 Å². The zero-order valence-corrected chi connectivity index (χ0v) is 16.1. The van der Waals surface area contributed by atoms with Crippen LogP contribution < -0.4 is 10.6 Å². The first kappa shape index (κ1) is 18.5. The Morgan fingerprint density at radius 1 is 1.07 bits per heavy atom. The highest BCUT2D eigenvalue weighted by Crippen LogP contribution is 2.45. The zero-order chi connectivity index (χ0) is 19.7. The van der Waals surface area contributed by atoms with Crippen molar-refractivity contribution in [2.75, 3.05) is 0 Å². The topological polar surface area (TPSA) is 110 Å². The molecule has 2 aliphatic rings. The molecule has 8 nitrogen and oxygen atoms in total. The number of aryl methyl sites for hydroxylation is 2. The van der Waals surface area contributed by atoms with E-state index >= 15 is 0 Å². The van der Waals surface area contributed by atoms with Gasteiger partial charge in [-0.05, 0) is 51.5 Å². The number of hydrogen-bond donors (Lipinski definition) is 2. The maximum absolute atomic E-state index is 12.7. The van der Waals surface area contributed by atoms with E-state index in [0.717, 1.165) is 31.4 Å². The number of hydrogen-bond acceptors (Lipinski definition) is 6. The summed E-state index contributed by atoms with van der Waals surface area (Å²) in [6.45, 7) is 3.61. The second-order valence-corrected chi connectivity index (χ2v) is 7.89. The number of aromatic nitrogens is 4. The van der Waals surface area contributed by atoms with Gasteiger partial charge in [-0.2, -0.15) is 0 Å². The molecule has 8 heteroatoms. The summed E-state index contributed by atoms with van der Waals surface area (Å²) >= 11 is 0. The molecule has 2 amide bonds. The normalized spacial score (nSPS) is 25.9. The van der Waals surface area contributed by atoms with Crippen molar-refractivity contribution in [2.45, 2.75) is 57.5 Å². The van der Waals surface area contributed by atoms with Crippen molar-refractivity contribution in [3.8, 4) is 0 Å². The SMILES string of the molecule is Cc1ccnc(C(=O)NC23CCCC(C2)C(NC(=O)c2nccnc2C)C3)n1. The Hall–Kier alpha value is -2.90. The van der Waals surface area contributed by atoms with Gasteiger partial charge in [0.15, 0.2) is 0 Å². The molecule has 2 aromatic heterocycles. The number of amides is 2. The Labute approximate surface area is 163 Å². The highest BCUT2D eigenvalue weighted by molar-refractivity contribution is 5.93. The van der Waals surface area contributed by atoms with Gasteiger partial charge >= 0.3 is 0 Å². The third-order valence-electron chi connectivity index (χ3n) is 5.85. The maximum atomic E-state index is 12.7. The van der Waals surface area contributed by atoms with Gasteiger partial charge in [-0.15, -0.1) is 0 Å². The summed E-state index contributed by atoms with van der Waals surface area (Å²) in [6, 6.07) is 1.77. The Balaban J connectivity index is 1.47. The molecule has 28 heavy (non-hydrogen) atoms. The Morgan fingerprint density at radius 3 is 2.68 bits per heavy atom. The van der Waals surface area contributed by atoms with Gasteiger partial charge in [0.1, 0.15) is 5.69 Å². The average Bonchev–Trinajstić information content (AvgIpc) is 2.90. The van der Waals surface area contributed by atoms with Crippen LogP contribution in [0.25, 0.3) is 0 Å². The van der Waals surface area contributed by atoms with E-state index in [1.54, 1.807) is 25.4 Å². The second kappa shape index (κ2) is 7.26. The molecule has 2 N–H and O–H groups in total. The molecule has 2 aliphatic carbocycles. The molecule has 4 rings (SSSR count). The molecule has 2 bridgehead atoms. The fourth-order valence-corrected chi connectivity index (χ4v) is 4.58. The fraction of sp³-hybridized carbons (Fsp3) is 0.500. The van der Waals surface area contributed by atoms with E-state index in [2.05, 4.69) is 30.6 Å². The third-order valence-corrected chi connectivity index (χ3v) is 5.85. The minimum Gasteiger partial charge on any atom is -0.348 e. The molecule has 2 saturated carbocycles. The summed E-state index contributed by atoms with van der Waals surface area (Å²) in [4.78, 5) is 42.0. The number of carbonyl (C=O) groups excluding carboxylic acids is 2. The van der Waals surface area contributed by atoms with Crippen LogP contribution in [0.3, 0.4) is 0 Å². The van der Waals surface area contributed by atoms with Crippen molar-refractivity contribution in [1.82, 2.24) is 30.6 Å². The lowest BCUT2D eigenvalue weighted by atomic mass is 9.83. The van der Waals surface area contributed by atoms with Gasteiger partial charge in [0.25, 0.3) is 11.8 Å². The summed E-state index contributed by atoms with van der Waals surface area (Å²) in [5.74, 6) is 0.0836. The number of nitrogens with zero attached hydrogens (tertiary/aromatic N) is 4. The van der Waals surface area contributed by atoms with Gasteiger partial charge in [-0.1, -0.05) is 6.42 Å². The summed E-state index contributed by atoms with van der Waals surface area (Å²) in [5, 5.41) is 6.31. The second-order valence-electron chi connectivity index (χ2n) is 7.89. The van der Waals surface area contributed by atoms with Crippen LogP contribution in [-0.4, -0.2) is 43.3 Å². The molecular formula is C20H24N6O2. The van der Waals surface area contributed by atoms with Crippen LogP contribution in [0.2, 0.25) is 0 Å². The predicted molar refractivity (Wildman–Crippen MR) is 102 cm³/mol. The minimum atomic E-state index is -0.317. The van der Waals surface area contributed by atoms with Crippen molar-refractivity contribution in [3.05, 3.63) is 47.6 Å². The lowest BCUT2D eigenvalue weighted by Crippen LogP contribution is -2.48. The van der Waals surface area contributed by atoms with E-state index in [1.807, 2.05) is 6.92 Å². The van der Waals surface area contributed by atoms with Crippen molar-refractivity contribution < 1.29 is 9.59 Å². The van der Waals surface area contributed by atoms with Crippen LogP contribution in [0.4, 0.5) is 0 Å². The van der Waals surface area contributed by atoms with Crippen LogP contribution in [0, 0.1) is 19.8 Å². The first-order valence-electron chi connectivity index (χ1n) is 9.66. The monoisotopic (exact) mass is 380 g/mol. The lowest BCUT2D eigenvalue weighted by Gasteiger charge is -2.33. The van der Waals surface area contributed by atoms with Gasteiger partial charge in [-0.25, -0.2) is 15.0 Å². The van der Waals surface area contributed by atoms with Gasteiger partial charge in [0.05, 0.1) is 5.69 Å². The standard InChI is InChI=1S/C20H24N6O2/c1-12-5-7-23-17(24-12)19(28)26-20-6-3-4-14(10-20)15(11-20)25-18(27)16-13(2)21-8-9-22-16/h5,7-9,14-15H,3-4,6,10-11H2,1-2H3,(H,25,27)(H,26,28). The van der Waals surface area contributed by atoms with E-state index < -0.39 is 0 Å². The van der Waals surface area contributed by atoms with Crippen molar-refractivity contribution in [2.24, 2.45) is 5.92 Å². The van der Waals surface area contributed by atoms with E-state index in [0.29, 0.717) is 23.7 Å². The van der Waals surface area contributed by atoms with Crippen LogP contribution in [0.15, 0.2) is 24.7 Å². The molecule has 0 aliphatic heterocycles. The van der Waals surface area contributed by atoms with Crippen LogP contribution >= 0.6 is 0 Å².